The summed E-state index contributed by atoms with van der Waals surface area (Å²) in [5.41, 5.74) is -1.48. The van der Waals surface area contributed by atoms with Crippen LogP contribution < -0.4 is 4.74 Å². The summed E-state index contributed by atoms with van der Waals surface area (Å²) in [6.45, 7) is -0.860. The smallest absolute Gasteiger partial charge is 0.398 e. The number of aromatic nitrogens is 1. The van der Waals surface area contributed by atoms with Gasteiger partial charge in [-0.15, -0.1) is 13.2 Å². The molecule has 10 heteroatoms. The number of aliphatic hydroxyl groups is 1. The minimum atomic E-state index is -5.05. The number of ether oxygens (including phenoxy) is 1. The average molecular weight is 364 g/mol. The van der Waals surface area contributed by atoms with E-state index in [0.29, 0.717) is 0 Å². The van der Waals surface area contributed by atoms with Gasteiger partial charge in [0.1, 0.15) is 9.39 Å². The molecule has 0 aliphatic carbocycles. The normalized spacial score (nSPS) is 11.4. The first kappa shape index (κ1) is 13.9. The number of pyridine rings is 1. The van der Waals surface area contributed by atoms with Crippen molar-refractivity contribution in [3.63, 3.8) is 0 Å². The number of hydrogen-bond donors (Lipinski definition) is 1. The number of hydrogen-bond acceptors (Lipinski definition) is 5. The molecule has 0 radical (unpaired) electrons. The highest BCUT2D eigenvalue weighted by Gasteiger charge is 2.36. The third-order valence-corrected chi connectivity index (χ3v) is 2.11. The van der Waals surface area contributed by atoms with E-state index >= 15 is 0 Å². The van der Waals surface area contributed by atoms with Crippen LogP contribution in [0.4, 0.5) is 18.9 Å². The van der Waals surface area contributed by atoms with Crippen LogP contribution in [0.25, 0.3) is 0 Å². The fraction of sp³-hybridized carbons (Fsp3) is 0.286. The molecule has 1 heterocycles. The van der Waals surface area contributed by atoms with Gasteiger partial charge in [-0.2, -0.15) is 0 Å². The average Bonchev–Trinajstić information content (AvgIpc) is 2.12. The third-order valence-electron chi connectivity index (χ3n) is 1.56. The van der Waals surface area contributed by atoms with Gasteiger partial charge in [0, 0.05) is 6.07 Å². The van der Waals surface area contributed by atoms with E-state index in [0.717, 1.165) is 6.07 Å². The molecule has 0 aliphatic heterocycles. The van der Waals surface area contributed by atoms with E-state index in [9.17, 15) is 23.3 Å². The van der Waals surface area contributed by atoms with E-state index in [1.54, 1.807) is 22.6 Å². The molecule has 0 spiro atoms. The third kappa shape index (κ3) is 3.66. The molecule has 6 nitrogen and oxygen atoms in total. The van der Waals surface area contributed by atoms with E-state index < -0.39 is 35.0 Å². The van der Waals surface area contributed by atoms with Crippen molar-refractivity contribution >= 4 is 28.3 Å². The topological polar surface area (TPSA) is 85.5 Å². The SMILES string of the molecule is O=[N+]([O-])c1c(OC(F)(F)F)cc(I)nc1CO. The van der Waals surface area contributed by atoms with Crippen LogP contribution in [-0.2, 0) is 6.61 Å². The van der Waals surface area contributed by atoms with Crippen LogP contribution in [0.5, 0.6) is 5.75 Å². The van der Waals surface area contributed by atoms with Crippen molar-refractivity contribution in [1.82, 2.24) is 4.98 Å². The Morgan fingerprint density at radius 1 is 1.59 bits per heavy atom. The number of aliphatic hydroxyl groups excluding tert-OH is 1. The van der Waals surface area contributed by atoms with E-state index in [4.69, 9.17) is 5.11 Å². The molecule has 0 unspecified atom stereocenters. The fourth-order valence-corrected chi connectivity index (χ4v) is 1.61. The maximum Gasteiger partial charge on any atom is 0.573 e. The van der Waals surface area contributed by atoms with Crippen molar-refractivity contribution < 1.29 is 27.9 Å². The lowest BCUT2D eigenvalue weighted by molar-refractivity contribution is -0.390. The summed E-state index contributed by atoms with van der Waals surface area (Å²) in [5, 5.41) is 19.4. The molecule has 0 aliphatic rings. The van der Waals surface area contributed by atoms with Crippen LogP contribution in [-0.4, -0.2) is 21.4 Å². The van der Waals surface area contributed by atoms with E-state index in [1.165, 1.54) is 0 Å². The first-order valence-electron chi connectivity index (χ1n) is 3.95. The molecule has 94 valence electrons. The number of halogens is 4. The predicted molar refractivity (Wildman–Crippen MR) is 56.2 cm³/mol. The van der Waals surface area contributed by atoms with Crippen molar-refractivity contribution in [3.8, 4) is 5.75 Å². The number of alkyl halides is 3. The summed E-state index contributed by atoms with van der Waals surface area (Å²) in [6, 6.07) is 0.769. The van der Waals surface area contributed by atoms with E-state index in [1.807, 2.05) is 0 Å². The van der Waals surface area contributed by atoms with Crippen LogP contribution in [0.3, 0.4) is 0 Å². The minimum Gasteiger partial charge on any atom is -0.398 e. The zero-order chi connectivity index (χ0) is 13.2. The van der Waals surface area contributed by atoms with Gasteiger partial charge in [-0.1, -0.05) is 0 Å². The molecule has 0 atom stereocenters. The van der Waals surface area contributed by atoms with Crippen LogP contribution in [0.2, 0.25) is 0 Å². The van der Waals surface area contributed by atoms with Crippen LogP contribution in [0, 0.1) is 13.8 Å². The highest BCUT2D eigenvalue weighted by molar-refractivity contribution is 14.1. The monoisotopic (exact) mass is 364 g/mol. The van der Waals surface area contributed by atoms with Crippen LogP contribution >= 0.6 is 22.6 Å². The van der Waals surface area contributed by atoms with Crippen molar-refractivity contribution in [1.29, 1.82) is 0 Å². The Labute approximate surface area is 106 Å². The fourth-order valence-electron chi connectivity index (χ4n) is 1.04. The lowest BCUT2D eigenvalue weighted by Crippen LogP contribution is -2.19. The second-order valence-electron chi connectivity index (χ2n) is 2.70. The maximum atomic E-state index is 12.0. The molecule has 0 aromatic carbocycles. The Kier molecular flexibility index (Phi) is 4.08. The second-order valence-corrected chi connectivity index (χ2v) is 3.81. The highest BCUT2D eigenvalue weighted by atomic mass is 127. The Hall–Kier alpha value is -1.17. The Bertz CT molecular complexity index is 451. The summed E-state index contributed by atoms with van der Waals surface area (Å²) >= 11 is 1.55. The van der Waals surface area contributed by atoms with Gasteiger partial charge in [0.25, 0.3) is 0 Å². The lowest BCUT2D eigenvalue weighted by Gasteiger charge is -2.10. The minimum absolute atomic E-state index is 0.0384. The molecule has 0 saturated carbocycles. The van der Waals surface area contributed by atoms with Crippen molar-refractivity contribution in [2.24, 2.45) is 0 Å². The van der Waals surface area contributed by atoms with Gasteiger partial charge in [0.05, 0.1) is 11.5 Å². The second kappa shape index (κ2) is 5.00. The summed E-state index contributed by atoms with van der Waals surface area (Å²) < 4.78 is 39.6. The van der Waals surface area contributed by atoms with Crippen molar-refractivity contribution in [3.05, 3.63) is 25.6 Å². The Morgan fingerprint density at radius 3 is 2.59 bits per heavy atom. The molecule has 0 fully saturated rings. The standard InChI is InChI=1S/C7H4F3IN2O4/c8-7(9,10)17-4-1-5(11)12-3(2-14)6(4)13(15)16/h1,14H,2H2. The summed E-state index contributed by atoms with van der Waals surface area (Å²) in [7, 11) is 0. The molecule has 1 aromatic heterocycles. The number of nitro groups is 1. The Balaban J connectivity index is 3.35. The first-order chi connectivity index (χ1) is 7.74. The van der Waals surface area contributed by atoms with Gasteiger partial charge in [-0.05, 0) is 22.6 Å². The van der Waals surface area contributed by atoms with Crippen LogP contribution in [0.1, 0.15) is 5.69 Å². The zero-order valence-electron chi connectivity index (χ0n) is 7.86. The van der Waals surface area contributed by atoms with E-state index in [-0.39, 0.29) is 3.70 Å². The number of nitrogens with zero attached hydrogens (tertiary/aromatic N) is 2. The summed E-state index contributed by atoms with van der Waals surface area (Å²) in [5.74, 6) is -0.994. The molecule has 0 bridgehead atoms. The predicted octanol–water partition coefficient (Wildman–Crippen LogP) is 1.99. The van der Waals surface area contributed by atoms with Crippen LogP contribution in [0.15, 0.2) is 6.07 Å². The van der Waals surface area contributed by atoms with E-state index in [2.05, 4.69) is 9.72 Å². The van der Waals surface area contributed by atoms with Crippen molar-refractivity contribution in [2.45, 2.75) is 13.0 Å². The molecule has 0 saturated heterocycles. The summed E-state index contributed by atoms with van der Waals surface area (Å²) in [4.78, 5) is 13.1. The molecule has 1 aromatic rings. The Morgan fingerprint density at radius 2 is 2.18 bits per heavy atom. The van der Waals surface area contributed by atoms with Gasteiger partial charge in [-0.25, -0.2) is 4.98 Å². The van der Waals surface area contributed by atoms with Gasteiger partial charge >= 0.3 is 12.0 Å². The quantitative estimate of drug-likeness (QED) is 0.384. The van der Waals surface area contributed by atoms with Crippen molar-refractivity contribution in [2.75, 3.05) is 0 Å². The molecule has 1 rings (SSSR count). The molecule has 1 N–H and O–H groups in total. The lowest BCUT2D eigenvalue weighted by atomic mass is 10.3. The maximum absolute atomic E-state index is 12.0. The molecule has 17 heavy (non-hydrogen) atoms. The largest absolute Gasteiger partial charge is 0.573 e. The molecular weight excluding hydrogens is 360 g/mol. The van der Waals surface area contributed by atoms with Gasteiger partial charge in [0.2, 0.25) is 5.75 Å². The zero-order valence-corrected chi connectivity index (χ0v) is 10.0. The molecular formula is C7H4F3IN2O4. The highest BCUT2D eigenvalue weighted by Crippen LogP contribution is 2.35. The summed E-state index contributed by atoms with van der Waals surface area (Å²) in [6.07, 6.45) is -5.05. The number of rotatable bonds is 3. The first-order valence-corrected chi connectivity index (χ1v) is 5.03. The van der Waals surface area contributed by atoms with Gasteiger partial charge < -0.3 is 9.84 Å². The van der Waals surface area contributed by atoms with Gasteiger partial charge in [-0.3, -0.25) is 10.1 Å². The van der Waals surface area contributed by atoms with Gasteiger partial charge in [0.15, 0.2) is 0 Å². The molecule has 0 amide bonds.